The molecule has 3 aromatic rings. The molecule has 1 aliphatic heterocycles. The number of benzene rings is 1. The van der Waals surface area contributed by atoms with Crippen molar-refractivity contribution in [3.05, 3.63) is 36.0 Å². The average molecular weight is 380 g/mol. The van der Waals surface area contributed by atoms with E-state index in [2.05, 4.69) is 53.1 Å². The van der Waals surface area contributed by atoms with Gasteiger partial charge in [0.1, 0.15) is 5.82 Å². The minimum absolute atomic E-state index is 0.786. The second-order valence-corrected chi connectivity index (χ2v) is 7.34. The highest BCUT2D eigenvalue weighted by Crippen LogP contribution is 2.28. The second-order valence-electron chi connectivity index (χ2n) is 7.34. The van der Waals surface area contributed by atoms with Gasteiger partial charge in [-0.25, -0.2) is 4.68 Å². The Morgan fingerprint density at radius 3 is 2.54 bits per heavy atom. The Kier molecular flexibility index (Phi) is 5.43. The molecule has 0 radical (unpaired) electrons. The number of aromatic nitrogens is 4. The Bertz CT molecular complexity index is 941. The van der Waals surface area contributed by atoms with E-state index in [1.165, 1.54) is 12.0 Å². The van der Waals surface area contributed by atoms with Gasteiger partial charge in [0.15, 0.2) is 5.65 Å². The van der Waals surface area contributed by atoms with Gasteiger partial charge in [-0.15, -0.1) is 0 Å². The van der Waals surface area contributed by atoms with Gasteiger partial charge in [-0.2, -0.15) is 15.1 Å². The van der Waals surface area contributed by atoms with Crippen LogP contribution in [0.5, 0.6) is 0 Å². The van der Waals surface area contributed by atoms with Crippen molar-refractivity contribution in [1.29, 1.82) is 0 Å². The molecule has 2 aromatic heterocycles. The monoisotopic (exact) mass is 379 g/mol. The zero-order valence-electron chi connectivity index (χ0n) is 17.0. The van der Waals surface area contributed by atoms with Crippen LogP contribution in [0.25, 0.3) is 11.0 Å². The summed E-state index contributed by atoms with van der Waals surface area (Å²) in [6, 6.07) is 8.27. The first-order chi connectivity index (χ1) is 13.7. The van der Waals surface area contributed by atoms with Crippen LogP contribution >= 0.6 is 0 Å². The standard InChI is InChI=1S/C21H29N7/c1-4-10-26-11-13-27(14-12-26)21-24-19(23-18-9-7-6-8-16(18)3)17-15-22-28(5-2)20(17)25-21/h6-9,15H,4-5,10-14H2,1-3H3,(H,23,24,25). The van der Waals surface area contributed by atoms with E-state index in [1.54, 1.807) is 0 Å². The topological polar surface area (TPSA) is 62.1 Å². The summed E-state index contributed by atoms with van der Waals surface area (Å²) in [6.45, 7) is 12.4. The summed E-state index contributed by atoms with van der Waals surface area (Å²) >= 11 is 0. The molecular formula is C21H29N7. The molecule has 7 heteroatoms. The van der Waals surface area contributed by atoms with Crippen LogP contribution in [-0.4, -0.2) is 57.4 Å². The second kappa shape index (κ2) is 8.14. The van der Waals surface area contributed by atoms with Crippen molar-refractivity contribution in [2.75, 3.05) is 42.9 Å². The summed E-state index contributed by atoms with van der Waals surface area (Å²) < 4.78 is 1.94. The number of hydrogen-bond donors (Lipinski definition) is 1. The van der Waals surface area contributed by atoms with E-state index in [0.717, 1.165) is 67.8 Å². The molecule has 0 bridgehead atoms. The van der Waals surface area contributed by atoms with Crippen molar-refractivity contribution in [2.24, 2.45) is 0 Å². The first kappa shape index (κ1) is 18.7. The highest BCUT2D eigenvalue weighted by molar-refractivity contribution is 5.89. The van der Waals surface area contributed by atoms with Crippen LogP contribution in [-0.2, 0) is 6.54 Å². The third-order valence-electron chi connectivity index (χ3n) is 5.38. The van der Waals surface area contributed by atoms with Crippen LogP contribution in [0.2, 0.25) is 0 Å². The number of piperazine rings is 1. The number of anilines is 3. The molecular weight excluding hydrogens is 350 g/mol. The minimum Gasteiger partial charge on any atom is -0.339 e. The molecule has 1 N–H and O–H groups in total. The number of nitrogens with one attached hydrogen (secondary N) is 1. The molecule has 0 unspecified atom stereocenters. The molecule has 0 spiro atoms. The lowest BCUT2D eigenvalue weighted by Crippen LogP contribution is -2.47. The normalized spacial score (nSPS) is 15.3. The van der Waals surface area contributed by atoms with Crippen LogP contribution in [0.4, 0.5) is 17.5 Å². The third-order valence-corrected chi connectivity index (χ3v) is 5.38. The fraction of sp³-hybridized carbons (Fsp3) is 0.476. The molecule has 0 saturated carbocycles. The first-order valence-corrected chi connectivity index (χ1v) is 10.2. The van der Waals surface area contributed by atoms with Crippen LogP contribution in [0.1, 0.15) is 25.8 Å². The predicted octanol–water partition coefficient (Wildman–Crippen LogP) is 3.43. The average Bonchev–Trinajstić information content (AvgIpc) is 3.14. The zero-order chi connectivity index (χ0) is 19.5. The molecule has 3 heterocycles. The lowest BCUT2D eigenvalue weighted by atomic mass is 10.2. The Morgan fingerprint density at radius 2 is 1.82 bits per heavy atom. The number of para-hydroxylation sites is 1. The van der Waals surface area contributed by atoms with Crippen molar-refractivity contribution in [2.45, 2.75) is 33.7 Å². The van der Waals surface area contributed by atoms with Gasteiger partial charge >= 0.3 is 0 Å². The maximum atomic E-state index is 4.91. The van der Waals surface area contributed by atoms with Crippen molar-refractivity contribution >= 4 is 28.5 Å². The van der Waals surface area contributed by atoms with Gasteiger partial charge < -0.3 is 10.2 Å². The van der Waals surface area contributed by atoms with E-state index in [4.69, 9.17) is 9.97 Å². The first-order valence-electron chi connectivity index (χ1n) is 10.2. The minimum atomic E-state index is 0.786. The van der Waals surface area contributed by atoms with Gasteiger partial charge in [0.25, 0.3) is 0 Å². The highest BCUT2D eigenvalue weighted by atomic mass is 15.4. The molecule has 1 aliphatic rings. The summed E-state index contributed by atoms with van der Waals surface area (Å²) in [5.41, 5.74) is 3.14. The highest BCUT2D eigenvalue weighted by Gasteiger charge is 2.21. The number of aryl methyl sites for hydroxylation is 2. The maximum absolute atomic E-state index is 4.91. The molecule has 1 fully saturated rings. The Labute approximate surface area is 166 Å². The van der Waals surface area contributed by atoms with Gasteiger partial charge in [0.2, 0.25) is 5.95 Å². The van der Waals surface area contributed by atoms with Crippen molar-refractivity contribution in [1.82, 2.24) is 24.6 Å². The molecule has 148 valence electrons. The Balaban J connectivity index is 1.69. The largest absolute Gasteiger partial charge is 0.339 e. The molecule has 0 atom stereocenters. The number of hydrogen-bond acceptors (Lipinski definition) is 6. The van der Waals surface area contributed by atoms with Crippen LogP contribution in [0, 0.1) is 6.92 Å². The fourth-order valence-electron chi connectivity index (χ4n) is 3.74. The van der Waals surface area contributed by atoms with Gasteiger partial charge in [0, 0.05) is 38.4 Å². The number of nitrogens with zero attached hydrogens (tertiary/aromatic N) is 6. The fourth-order valence-corrected chi connectivity index (χ4v) is 3.74. The molecule has 7 nitrogen and oxygen atoms in total. The van der Waals surface area contributed by atoms with Crippen LogP contribution in [0.3, 0.4) is 0 Å². The van der Waals surface area contributed by atoms with E-state index >= 15 is 0 Å². The summed E-state index contributed by atoms with van der Waals surface area (Å²) in [4.78, 5) is 14.6. The number of rotatable bonds is 6. The Hall–Kier alpha value is -2.67. The van der Waals surface area contributed by atoms with Crippen molar-refractivity contribution in [3.63, 3.8) is 0 Å². The summed E-state index contributed by atoms with van der Waals surface area (Å²) in [7, 11) is 0. The smallest absolute Gasteiger partial charge is 0.229 e. The lowest BCUT2D eigenvalue weighted by Gasteiger charge is -2.34. The molecule has 28 heavy (non-hydrogen) atoms. The van der Waals surface area contributed by atoms with E-state index in [0.29, 0.717) is 0 Å². The lowest BCUT2D eigenvalue weighted by molar-refractivity contribution is 0.257. The van der Waals surface area contributed by atoms with Crippen LogP contribution < -0.4 is 10.2 Å². The maximum Gasteiger partial charge on any atom is 0.229 e. The summed E-state index contributed by atoms with van der Waals surface area (Å²) in [6.07, 6.45) is 3.06. The molecule has 1 saturated heterocycles. The van der Waals surface area contributed by atoms with Gasteiger partial charge in [-0.3, -0.25) is 4.90 Å². The predicted molar refractivity (Wildman–Crippen MR) is 114 cm³/mol. The van der Waals surface area contributed by atoms with Gasteiger partial charge in [-0.05, 0) is 38.4 Å². The van der Waals surface area contributed by atoms with Crippen molar-refractivity contribution < 1.29 is 0 Å². The van der Waals surface area contributed by atoms with E-state index in [9.17, 15) is 0 Å². The van der Waals surface area contributed by atoms with E-state index in [-0.39, 0.29) is 0 Å². The quantitative estimate of drug-likeness (QED) is 0.708. The zero-order valence-corrected chi connectivity index (χ0v) is 17.0. The summed E-state index contributed by atoms with van der Waals surface area (Å²) in [5.74, 6) is 1.61. The molecule has 0 amide bonds. The Morgan fingerprint density at radius 1 is 1.04 bits per heavy atom. The van der Waals surface area contributed by atoms with E-state index < -0.39 is 0 Å². The van der Waals surface area contributed by atoms with Crippen molar-refractivity contribution in [3.8, 4) is 0 Å². The summed E-state index contributed by atoms with van der Waals surface area (Å²) in [5, 5.41) is 8.99. The SMILES string of the molecule is CCCN1CCN(c2nc(Nc3ccccc3C)c3cnn(CC)c3n2)CC1. The third kappa shape index (κ3) is 3.67. The number of fused-ring (bicyclic) bond motifs is 1. The van der Waals surface area contributed by atoms with E-state index in [1.807, 2.05) is 23.0 Å². The van der Waals surface area contributed by atoms with Gasteiger partial charge in [-0.1, -0.05) is 25.1 Å². The molecule has 1 aromatic carbocycles. The molecule has 4 rings (SSSR count). The van der Waals surface area contributed by atoms with Crippen LogP contribution in [0.15, 0.2) is 30.5 Å². The molecule has 0 aliphatic carbocycles. The van der Waals surface area contributed by atoms with Gasteiger partial charge in [0.05, 0.1) is 11.6 Å².